The molecule has 1 N–H and O–H groups in total. The van der Waals surface area contributed by atoms with Crippen molar-refractivity contribution in [1.29, 1.82) is 0 Å². The molecule has 1 aromatic heterocycles. The van der Waals surface area contributed by atoms with Crippen LogP contribution in [0.2, 0.25) is 5.15 Å². The topological polar surface area (TPSA) is 75.2 Å². The Morgan fingerprint density at radius 1 is 1.33 bits per heavy atom. The van der Waals surface area contributed by atoms with Crippen LogP contribution in [0.15, 0.2) is 12.1 Å². The number of hydrogen-bond donors (Lipinski definition) is 1. The van der Waals surface area contributed by atoms with Crippen LogP contribution in [0.1, 0.15) is 38.3 Å². The van der Waals surface area contributed by atoms with Crippen molar-refractivity contribution >= 4 is 23.5 Å². The van der Waals surface area contributed by atoms with E-state index >= 15 is 0 Å². The molecule has 0 bridgehead atoms. The highest BCUT2D eigenvalue weighted by atomic mass is 35.5. The number of nitrogens with one attached hydrogen (secondary N) is 1. The lowest BCUT2D eigenvalue weighted by Crippen LogP contribution is -2.49. The lowest BCUT2D eigenvalue weighted by atomic mass is 9.77. The Labute approximate surface area is 127 Å². The molecule has 1 saturated carbocycles. The fraction of sp³-hybridized carbons (Fsp3) is 0.571. The highest BCUT2D eigenvalue weighted by Gasteiger charge is 2.51. The van der Waals surface area contributed by atoms with E-state index in [0.29, 0.717) is 24.5 Å². The maximum Gasteiger partial charge on any atom is 0.325 e. The zero-order valence-electron chi connectivity index (χ0n) is 11.8. The molecule has 1 aliphatic heterocycles. The largest absolute Gasteiger partial charge is 0.325 e. The number of aromatic nitrogens is 2. The normalized spacial score (nSPS) is 29.0. The summed E-state index contributed by atoms with van der Waals surface area (Å²) in [6.07, 6.45) is 3.34. The number of halogens is 1. The van der Waals surface area contributed by atoms with Crippen LogP contribution in [0.25, 0.3) is 0 Å². The van der Waals surface area contributed by atoms with Crippen molar-refractivity contribution < 1.29 is 9.59 Å². The van der Waals surface area contributed by atoms with E-state index in [1.807, 2.05) is 0 Å². The summed E-state index contributed by atoms with van der Waals surface area (Å²) in [6, 6.07) is 2.93. The molecule has 3 rings (SSSR count). The standard InChI is InChI=1S/C14H17ClN4O2/c1-9-4-6-14(7-5-9)12(20)19(13(21)16-14)8-10-2-3-11(15)18-17-10/h2-3,9H,4-8H2,1H3,(H,16,21). The van der Waals surface area contributed by atoms with Crippen molar-refractivity contribution in [3.63, 3.8) is 0 Å². The highest BCUT2D eigenvalue weighted by Crippen LogP contribution is 2.36. The quantitative estimate of drug-likeness (QED) is 0.849. The Bertz CT molecular complexity index is 567. The van der Waals surface area contributed by atoms with Gasteiger partial charge in [0.1, 0.15) is 5.54 Å². The zero-order valence-corrected chi connectivity index (χ0v) is 12.6. The summed E-state index contributed by atoms with van der Waals surface area (Å²) in [5.41, 5.74) is -0.159. The van der Waals surface area contributed by atoms with Crippen molar-refractivity contribution in [3.05, 3.63) is 23.0 Å². The van der Waals surface area contributed by atoms with Gasteiger partial charge in [0.05, 0.1) is 12.2 Å². The van der Waals surface area contributed by atoms with Crippen molar-refractivity contribution in [2.45, 2.75) is 44.7 Å². The van der Waals surface area contributed by atoms with Crippen molar-refractivity contribution in [2.24, 2.45) is 5.92 Å². The molecule has 0 atom stereocenters. The molecule has 1 aliphatic carbocycles. The molecule has 0 radical (unpaired) electrons. The van der Waals surface area contributed by atoms with Gasteiger partial charge in [0, 0.05) is 0 Å². The lowest BCUT2D eigenvalue weighted by molar-refractivity contribution is -0.133. The minimum atomic E-state index is -0.705. The van der Waals surface area contributed by atoms with E-state index in [2.05, 4.69) is 22.4 Å². The highest BCUT2D eigenvalue weighted by molar-refractivity contribution is 6.29. The van der Waals surface area contributed by atoms with Crippen LogP contribution >= 0.6 is 11.6 Å². The summed E-state index contributed by atoms with van der Waals surface area (Å²) >= 11 is 5.68. The van der Waals surface area contributed by atoms with Gasteiger partial charge in [-0.25, -0.2) is 4.79 Å². The third-order valence-electron chi connectivity index (χ3n) is 4.38. The number of rotatable bonds is 2. The molecule has 2 heterocycles. The average Bonchev–Trinajstić information content (AvgIpc) is 2.69. The van der Waals surface area contributed by atoms with E-state index in [-0.39, 0.29) is 23.6 Å². The van der Waals surface area contributed by atoms with Gasteiger partial charge >= 0.3 is 6.03 Å². The molecule has 7 heteroatoms. The second kappa shape index (κ2) is 5.26. The molecule has 2 fully saturated rings. The monoisotopic (exact) mass is 308 g/mol. The Morgan fingerprint density at radius 3 is 2.67 bits per heavy atom. The van der Waals surface area contributed by atoms with E-state index in [0.717, 1.165) is 12.8 Å². The first-order chi connectivity index (χ1) is 10.00. The van der Waals surface area contributed by atoms with Gasteiger partial charge in [-0.1, -0.05) is 18.5 Å². The average molecular weight is 309 g/mol. The van der Waals surface area contributed by atoms with E-state index < -0.39 is 5.54 Å². The Kier molecular flexibility index (Phi) is 3.57. The summed E-state index contributed by atoms with van der Waals surface area (Å²) < 4.78 is 0. The van der Waals surface area contributed by atoms with Gasteiger partial charge in [0.15, 0.2) is 5.15 Å². The van der Waals surface area contributed by atoms with Gasteiger partial charge in [-0.15, -0.1) is 5.10 Å². The zero-order chi connectivity index (χ0) is 15.0. The van der Waals surface area contributed by atoms with E-state index in [1.165, 1.54) is 4.90 Å². The van der Waals surface area contributed by atoms with Crippen LogP contribution in [0.3, 0.4) is 0 Å². The molecule has 21 heavy (non-hydrogen) atoms. The molecule has 1 spiro atoms. The predicted molar refractivity (Wildman–Crippen MR) is 76.5 cm³/mol. The summed E-state index contributed by atoms with van der Waals surface area (Å²) in [7, 11) is 0. The van der Waals surface area contributed by atoms with E-state index in [9.17, 15) is 9.59 Å². The molecule has 1 saturated heterocycles. The number of urea groups is 1. The molecule has 6 nitrogen and oxygen atoms in total. The molecular weight excluding hydrogens is 292 g/mol. The first-order valence-corrected chi connectivity index (χ1v) is 7.50. The predicted octanol–water partition coefficient (Wildman–Crippen LogP) is 2.13. The van der Waals surface area contributed by atoms with Crippen LogP contribution in [0.5, 0.6) is 0 Å². The van der Waals surface area contributed by atoms with E-state index in [1.54, 1.807) is 12.1 Å². The van der Waals surface area contributed by atoms with Gasteiger partial charge in [-0.05, 0) is 43.7 Å². The Morgan fingerprint density at radius 2 is 2.05 bits per heavy atom. The maximum absolute atomic E-state index is 12.6. The van der Waals surface area contributed by atoms with Gasteiger partial charge in [-0.2, -0.15) is 5.10 Å². The summed E-state index contributed by atoms with van der Waals surface area (Å²) in [4.78, 5) is 26.0. The van der Waals surface area contributed by atoms with Gasteiger partial charge in [0.25, 0.3) is 5.91 Å². The number of carbonyl (C=O) groups excluding carboxylic acids is 2. The minimum absolute atomic E-state index is 0.131. The number of amides is 3. The maximum atomic E-state index is 12.6. The molecule has 2 aliphatic rings. The first-order valence-electron chi connectivity index (χ1n) is 7.12. The Balaban J connectivity index is 1.76. The third-order valence-corrected chi connectivity index (χ3v) is 4.58. The number of carbonyl (C=O) groups is 2. The number of imide groups is 1. The summed E-state index contributed by atoms with van der Waals surface area (Å²) in [5, 5.41) is 10.8. The van der Waals surface area contributed by atoms with Crippen LogP contribution in [0.4, 0.5) is 4.79 Å². The van der Waals surface area contributed by atoms with Gasteiger partial charge < -0.3 is 5.32 Å². The number of nitrogens with zero attached hydrogens (tertiary/aromatic N) is 3. The van der Waals surface area contributed by atoms with Crippen LogP contribution in [-0.4, -0.2) is 32.6 Å². The summed E-state index contributed by atoms with van der Waals surface area (Å²) in [6.45, 7) is 2.31. The van der Waals surface area contributed by atoms with Crippen LogP contribution in [0, 0.1) is 5.92 Å². The minimum Gasteiger partial charge on any atom is -0.323 e. The van der Waals surface area contributed by atoms with Gasteiger partial charge in [0.2, 0.25) is 0 Å². The number of hydrogen-bond acceptors (Lipinski definition) is 4. The molecule has 0 unspecified atom stereocenters. The van der Waals surface area contributed by atoms with Gasteiger partial charge in [-0.3, -0.25) is 9.69 Å². The fourth-order valence-corrected chi connectivity index (χ4v) is 3.10. The van der Waals surface area contributed by atoms with Crippen molar-refractivity contribution in [3.8, 4) is 0 Å². The van der Waals surface area contributed by atoms with Crippen molar-refractivity contribution in [2.75, 3.05) is 0 Å². The van der Waals surface area contributed by atoms with Crippen LogP contribution < -0.4 is 5.32 Å². The SMILES string of the molecule is CC1CCC2(CC1)NC(=O)N(Cc1ccc(Cl)nn1)C2=O. The molecule has 3 amide bonds. The fourth-order valence-electron chi connectivity index (χ4n) is 3.00. The Hall–Kier alpha value is -1.69. The smallest absolute Gasteiger partial charge is 0.323 e. The summed E-state index contributed by atoms with van der Waals surface area (Å²) in [5.74, 6) is 0.465. The molecule has 1 aromatic rings. The molecule has 0 aromatic carbocycles. The third kappa shape index (κ3) is 2.60. The van der Waals surface area contributed by atoms with E-state index in [4.69, 9.17) is 11.6 Å². The lowest BCUT2D eigenvalue weighted by Gasteiger charge is -2.33. The second-order valence-corrected chi connectivity index (χ2v) is 6.32. The molecular formula is C14H17ClN4O2. The van der Waals surface area contributed by atoms with Crippen LogP contribution in [-0.2, 0) is 11.3 Å². The van der Waals surface area contributed by atoms with Crippen molar-refractivity contribution in [1.82, 2.24) is 20.4 Å². The second-order valence-electron chi connectivity index (χ2n) is 5.93. The molecule has 112 valence electrons. The first kappa shape index (κ1) is 14.3.